The molecular formula is C21H18N6O6. The first kappa shape index (κ1) is 22.7. The van der Waals surface area contributed by atoms with Crippen molar-refractivity contribution in [1.82, 2.24) is 0 Å². The number of hydrazone groups is 2. The number of hydrogen-bond acceptors (Lipinski definition) is 10. The number of methoxy groups -OCH3 is 1. The van der Waals surface area contributed by atoms with Gasteiger partial charge in [0.15, 0.2) is 11.5 Å². The van der Waals surface area contributed by atoms with Crippen molar-refractivity contribution in [3.05, 3.63) is 92.0 Å². The van der Waals surface area contributed by atoms with E-state index in [1.165, 1.54) is 74.1 Å². The van der Waals surface area contributed by atoms with Crippen molar-refractivity contribution in [3.8, 4) is 11.5 Å². The fourth-order valence-electron chi connectivity index (χ4n) is 2.72. The van der Waals surface area contributed by atoms with E-state index >= 15 is 0 Å². The van der Waals surface area contributed by atoms with E-state index in [1.54, 1.807) is 6.07 Å². The molecule has 33 heavy (non-hydrogen) atoms. The summed E-state index contributed by atoms with van der Waals surface area (Å²) in [6, 6.07) is 14.6. The number of nitrogens with zero attached hydrogens (tertiary/aromatic N) is 4. The highest BCUT2D eigenvalue weighted by atomic mass is 16.6. The second-order valence-corrected chi connectivity index (χ2v) is 6.51. The van der Waals surface area contributed by atoms with Gasteiger partial charge in [-0.25, -0.2) is 0 Å². The Morgan fingerprint density at radius 3 is 1.79 bits per heavy atom. The first-order valence-corrected chi connectivity index (χ1v) is 9.35. The minimum absolute atomic E-state index is 0.0316. The maximum absolute atomic E-state index is 10.7. The lowest BCUT2D eigenvalue weighted by Gasteiger charge is -2.08. The van der Waals surface area contributed by atoms with Crippen molar-refractivity contribution in [3.63, 3.8) is 0 Å². The topological polar surface area (TPSA) is 165 Å². The summed E-state index contributed by atoms with van der Waals surface area (Å²) in [5, 5.41) is 39.8. The molecule has 3 rings (SSSR count). The fourth-order valence-corrected chi connectivity index (χ4v) is 2.72. The van der Waals surface area contributed by atoms with Crippen molar-refractivity contribution >= 4 is 35.2 Å². The predicted molar refractivity (Wildman–Crippen MR) is 123 cm³/mol. The standard InChI is InChI=1S/C21H18N6O6/c1-33-21-15(13-23-25-17-4-8-19(9-5-17)27(31)32)10-14(11-20(21)28)12-22-24-16-2-6-18(7-3-16)26(29)30/h2-13,24-25,28H,1H3/b22-12-,23-13-. The molecule has 3 N–H and O–H groups in total. The third-order valence-corrected chi connectivity index (χ3v) is 4.29. The van der Waals surface area contributed by atoms with Crippen molar-refractivity contribution < 1.29 is 19.7 Å². The van der Waals surface area contributed by atoms with E-state index in [4.69, 9.17) is 4.74 Å². The minimum Gasteiger partial charge on any atom is -0.504 e. The Kier molecular flexibility index (Phi) is 7.11. The van der Waals surface area contributed by atoms with Gasteiger partial charge in [-0.1, -0.05) is 0 Å². The Labute approximate surface area is 187 Å². The van der Waals surface area contributed by atoms with E-state index in [0.29, 0.717) is 22.5 Å². The van der Waals surface area contributed by atoms with Gasteiger partial charge < -0.3 is 9.84 Å². The quantitative estimate of drug-likeness (QED) is 0.249. The van der Waals surface area contributed by atoms with Gasteiger partial charge in [-0.2, -0.15) is 10.2 Å². The van der Waals surface area contributed by atoms with Gasteiger partial charge in [0.25, 0.3) is 11.4 Å². The third kappa shape index (κ3) is 6.01. The van der Waals surface area contributed by atoms with Crippen LogP contribution < -0.4 is 15.6 Å². The second-order valence-electron chi connectivity index (χ2n) is 6.51. The Balaban J connectivity index is 1.72. The number of nitro benzene ring substituents is 2. The Morgan fingerprint density at radius 2 is 1.33 bits per heavy atom. The lowest BCUT2D eigenvalue weighted by atomic mass is 10.1. The molecule has 0 spiro atoms. The van der Waals surface area contributed by atoms with Crippen LogP contribution in [0.3, 0.4) is 0 Å². The lowest BCUT2D eigenvalue weighted by molar-refractivity contribution is -0.385. The highest BCUT2D eigenvalue weighted by molar-refractivity contribution is 5.91. The van der Waals surface area contributed by atoms with Crippen LogP contribution in [0, 0.1) is 20.2 Å². The van der Waals surface area contributed by atoms with Crippen LogP contribution >= 0.6 is 0 Å². The van der Waals surface area contributed by atoms with E-state index in [9.17, 15) is 25.3 Å². The van der Waals surface area contributed by atoms with Crippen molar-refractivity contribution in [2.75, 3.05) is 18.0 Å². The summed E-state index contributed by atoms with van der Waals surface area (Å²) in [5.74, 6) is 0.0679. The third-order valence-electron chi connectivity index (χ3n) is 4.29. The number of nitro groups is 2. The molecule has 0 saturated heterocycles. The normalized spacial score (nSPS) is 10.9. The SMILES string of the molecule is COc1c(O)cc(/C=N\Nc2ccc([N+](=O)[O-])cc2)cc1/C=N\Nc1ccc([N+](=O)[O-])cc1. The molecule has 12 nitrogen and oxygen atoms in total. The number of ether oxygens (including phenoxy) is 1. The Morgan fingerprint density at radius 1 is 0.848 bits per heavy atom. The van der Waals surface area contributed by atoms with Crippen LogP contribution in [-0.2, 0) is 0 Å². The summed E-state index contributed by atoms with van der Waals surface area (Å²) in [6.45, 7) is 0. The molecule has 0 bridgehead atoms. The summed E-state index contributed by atoms with van der Waals surface area (Å²) >= 11 is 0. The molecule has 12 heteroatoms. The summed E-state index contributed by atoms with van der Waals surface area (Å²) in [5.41, 5.74) is 7.47. The van der Waals surface area contributed by atoms with Gasteiger partial charge in [0.2, 0.25) is 0 Å². The Bertz CT molecular complexity index is 1210. The molecule has 0 aliphatic heterocycles. The van der Waals surface area contributed by atoms with Gasteiger partial charge in [0.1, 0.15) is 0 Å². The van der Waals surface area contributed by atoms with Gasteiger partial charge in [0, 0.05) is 29.8 Å². The number of rotatable bonds is 9. The summed E-state index contributed by atoms with van der Waals surface area (Å²) in [7, 11) is 1.40. The number of phenols is 1. The zero-order chi connectivity index (χ0) is 23.8. The molecule has 0 atom stereocenters. The van der Waals surface area contributed by atoms with Crippen LogP contribution in [0.1, 0.15) is 11.1 Å². The van der Waals surface area contributed by atoms with Gasteiger partial charge in [-0.05, 0) is 42.0 Å². The van der Waals surface area contributed by atoms with Crippen LogP contribution in [0.2, 0.25) is 0 Å². The van der Waals surface area contributed by atoms with Crippen LogP contribution in [0.25, 0.3) is 0 Å². The first-order valence-electron chi connectivity index (χ1n) is 9.35. The second kappa shape index (κ2) is 10.3. The molecule has 0 aliphatic rings. The van der Waals surface area contributed by atoms with Gasteiger partial charge in [0.05, 0.1) is 40.8 Å². The van der Waals surface area contributed by atoms with Crippen LogP contribution in [0.4, 0.5) is 22.7 Å². The highest BCUT2D eigenvalue weighted by Crippen LogP contribution is 2.30. The molecule has 0 aliphatic carbocycles. The first-order chi connectivity index (χ1) is 15.9. The number of aromatic hydroxyl groups is 1. The number of hydrogen-bond donors (Lipinski definition) is 3. The van der Waals surface area contributed by atoms with Crippen molar-refractivity contribution in [1.29, 1.82) is 0 Å². The van der Waals surface area contributed by atoms with E-state index < -0.39 is 9.85 Å². The maximum Gasteiger partial charge on any atom is 0.269 e. The molecule has 3 aromatic rings. The molecule has 0 aromatic heterocycles. The van der Waals surface area contributed by atoms with Crippen molar-refractivity contribution in [2.24, 2.45) is 10.2 Å². The molecular weight excluding hydrogens is 432 g/mol. The molecule has 0 radical (unpaired) electrons. The molecule has 0 heterocycles. The molecule has 0 saturated carbocycles. The molecule has 0 amide bonds. The maximum atomic E-state index is 10.7. The highest BCUT2D eigenvalue weighted by Gasteiger charge is 2.09. The average molecular weight is 450 g/mol. The predicted octanol–water partition coefficient (Wildman–Crippen LogP) is 4.11. The molecule has 3 aromatic carbocycles. The summed E-state index contributed by atoms with van der Waals surface area (Å²) in [4.78, 5) is 20.4. The minimum atomic E-state index is -0.496. The van der Waals surface area contributed by atoms with E-state index in [1.807, 2.05) is 0 Å². The van der Waals surface area contributed by atoms with Crippen LogP contribution in [0.5, 0.6) is 11.5 Å². The van der Waals surface area contributed by atoms with Crippen LogP contribution in [0.15, 0.2) is 70.9 Å². The van der Waals surface area contributed by atoms with Gasteiger partial charge >= 0.3 is 0 Å². The van der Waals surface area contributed by atoms with Gasteiger partial charge in [-0.3, -0.25) is 31.1 Å². The zero-order valence-electron chi connectivity index (χ0n) is 17.2. The number of benzene rings is 3. The zero-order valence-corrected chi connectivity index (χ0v) is 17.2. The number of anilines is 2. The lowest BCUT2D eigenvalue weighted by Crippen LogP contribution is -1.97. The molecule has 0 unspecified atom stereocenters. The van der Waals surface area contributed by atoms with E-state index in [0.717, 1.165) is 0 Å². The monoisotopic (exact) mass is 450 g/mol. The van der Waals surface area contributed by atoms with Crippen LogP contribution in [-0.4, -0.2) is 34.5 Å². The molecule has 168 valence electrons. The number of phenolic OH excluding ortho intramolecular Hbond substituents is 1. The summed E-state index contributed by atoms with van der Waals surface area (Å²) in [6.07, 6.45) is 2.86. The van der Waals surface area contributed by atoms with Crippen molar-refractivity contribution in [2.45, 2.75) is 0 Å². The van der Waals surface area contributed by atoms with E-state index in [2.05, 4.69) is 21.1 Å². The number of non-ortho nitro benzene ring substituents is 2. The number of nitrogens with one attached hydrogen (secondary N) is 2. The van der Waals surface area contributed by atoms with Gasteiger partial charge in [-0.15, -0.1) is 0 Å². The smallest absolute Gasteiger partial charge is 0.269 e. The largest absolute Gasteiger partial charge is 0.504 e. The van der Waals surface area contributed by atoms with E-state index in [-0.39, 0.29) is 22.9 Å². The average Bonchev–Trinajstić information content (AvgIpc) is 2.79. The Hall–Kier alpha value is -5.00. The molecule has 0 fully saturated rings. The fraction of sp³-hybridized carbons (Fsp3) is 0.0476. The summed E-state index contributed by atoms with van der Waals surface area (Å²) < 4.78 is 5.22.